The molecule has 9 nitrogen and oxygen atoms in total. The molecular formula is C12H13N5O4S. The van der Waals surface area contributed by atoms with Crippen molar-refractivity contribution in [2.45, 2.75) is 4.90 Å². The summed E-state index contributed by atoms with van der Waals surface area (Å²) in [6.45, 7) is 0. The number of anilines is 3. The second kappa shape index (κ2) is 5.93. The van der Waals surface area contributed by atoms with Gasteiger partial charge >= 0.3 is 5.69 Å². The van der Waals surface area contributed by atoms with Gasteiger partial charge in [-0.3, -0.25) is 10.1 Å². The van der Waals surface area contributed by atoms with Crippen molar-refractivity contribution in [2.75, 3.05) is 23.9 Å². The molecule has 2 rings (SSSR count). The van der Waals surface area contributed by atoms with E-state index in [1.54, 1.807) is 12.1 Å². The molecule has 0 amide bonds. The maximum absolute atomic E-state index is 11.4. The SMILES string of the molecule is CNc1nc(Nc2ccc(S(C)(=O)=O)cc2)ncc1[N+](=O)[O-]. The Morgan fingerprint density at radius 1 is 1.23 bits per heavy atom. The van der Waals surface area contributed by atoms with Gasteiger partial charge in [0.1, 0.15) is 6.20 Å². The zero-order valence-electron chi connectivity index (χ0n) is 11.8. The molecule has 0 aliphatic heterocycles. The summed E-state index contributed by atoms with van der Waals surface area (Å²) in [6, 6.07) is 6.00. The average molecular weight is 323 g/mol. The van der Waals surface area contributed by atoms with Gasteiger partial charge in [-0.2, -0.15) is 4.98 Å². The second-order valence-electron chi connectivity index (χ2n) is 4.36. The van der Waals surface area contributed by atoms with E-state index in [4.69, 9.17) is 0 Å². The van der Waals surface area contributed by atoms with E-state index >= 15 is 0 Å². The Labute approximate surface area is 126 Å². The monoisotopic (exact) mass is 323 g/mol. The molecule has 0 saturated carbocycles. The van der Waals surface area contributed by atoms with Crippen LogP contribution in [-0.4, -0.2) is 36.6 Å². The summed E-state index contributed by atoms with van der Waals surface area (Å²) in [5, 5.41) is 16.3. The fourth-order valence-electron chi connectivity index (χ4n) is 1.67. The van der Waals surface area contributed by atoms with Crippen LogP contribution in [0.25, 0.3) is 0 Å². The molecule has 0 unspecified atom stereocenters. The summed E-state index contributed by atoms with van der Waals surface area (Å²) in [6.07, 6.45) is 2.21. The Bertz CT molecular complexity index is 805. The van der Waals surface area contributed by atoms with Gasteiger partial charge in [-0.25, -0.2) is 13.4 Å². The Morgan fingerprint density at radius 3 is 2.36 bits per heavy atom. The van der Waals surface area contributed by atoms with E-state index in [1.807, 2.05) is 0 Å². The van der Waals surface area contributed by atoms with Crippen LogP contribution in [0.4, 0.5) is 23.1 Å². The smallest absolute Gasteiger partial charge is 0.329 e. The van der Waals surface area contributed by atoms with E-state index < -0.39 is 14.8 Å². The number of sulfone groups is 1. The zero-order chi connectivity index (χ0) is 16.3. The average Bonchev–Trinajstić information content (AvgIpc) is 2.46. The zero-order valence-corrected chi connectivity index (χ0v) is 12.6. The lowest BCUT2D eigenvalue weighted by atomic mass is 10.3. The minimum absolute atomic E-state index is 0.0789. The number of nitro groups is 1. The molecule has 1 heterocycles. The van der Waals surface area contributed by atoms with Crippen LogP contribution in [0.1, 0.15) is 0 Å². The number of aromatic nitrogens is 2. The second-order valence-corrected chi connectivity index (χ2v) is 6.37. The van der Waals surface area contributed by atoms with Gasteiger partial charge < -0.3 is 10.6 Å². The van der Waals surface area contributed by atoms with Crippen molar-refractivity contribution in [3.05, 3.63) is 40.6 Å². The molecular weight excluding hydrogens is 310 g/mol. The van der Waals surface area contributed by atoms with Crippen molar-refractivity contribution in [2.24, 2.45) is 0 Å². The molecule has 0 fully saturated rings. The highest BCUT2D eigenvalue weighted by Crippen LogP contribution is 2.23. The van der Waals surface area contributed by atoms with E-state index in [-0.39, 0.29) is 22.3 Å². The van der Waals surface area contributed by atoms with E-state index in [2.05, 4.69) is 20.6 Å². The minimum Gasteiger partial charge on any atom is -0.367 e. The van der Waals surface area contributed by atoms with Gasteiger partial charge in [-0.05, 0) is 24.3 Å². The maximum Gasteiger partial charge on any atom is 0.329 e. The summed E-state index contributed by atoms with van der Waals surface area (Å²) in [4.78, 5) is 18.2. The van der Waals surface area contributed by atoms with Crippen molar-refractivity contribution in [3.8, 4) is 0 Å². The molecule has 0 bridgehead atoms. The number of rotatable bonds is 5. The normalized spacial score (nSPS) is 11.0. The van der Waals surface area contributed by atoms with Crippen LogP contribution in [0.15, 0.2) is 35.4 Å². The lowest BCUT2D eigenvalue weighted by Gasteiger charge is -2.07. The van der Waals surface area contributed by atoms with Crippen molar-refractivity contribution in [1.29, 1.82) is 0 Å². The molecule has 2 N–H and O–H groups in total. The van der Waals surface area contributed by atoms with Gasteiger partial charge in [0.25, 0.3) is 0 Å². The number of nitrogens with one attached hydrogen (secondary N) is 2. The van der Waals surface area contributed by atoms with Crippen molar-refractivity contribution in [3.63, 3.8) is 0 Å². The molecule has 0 aliphatic rings. The predicted molar refractivity (Wildman–Crippen MR) is 81.1 cm³/mol. The van der Waals surface area contributed by atoms with Crippen molar-refractivity contribution < 1.29 is 13.3 Å². The maximum atomic E-state index is 11.4. The van der Waals surface area contributed by atoms with Gasteiger partial charge in [0, 0.05) is 19.0 Å². The first kappa shape index (κ1) is 15.6. The predicted octanol–water partition coefficient (Wildman–Crippen LogP) is 1.57. The highest BCUT2D eigenvalue weighted by molar-refractivity contribution is 7.90. The van der Waals surface area contributed by atoms with Crippen LogP contribution in [-0.2, 0) is 9.84 Å². The molecule has 1 aromatic heterocycles. The van der Waals surface area contributed by atoms with Crippen LogP contribution in [0.3, 0.4) is 0 Å². The molecule has 0 aliphatic carbocycles. The Balaban J connectivity index is 2.26. The summed E-state index contributed by atoms with van der Waals surface area (Å²) < 4.78 is 22.7. The molecule has 1 aromatic carbocycles. The minimum atomic E-state index is -3.26. The highest BCUT2D eigenvalue weighted by Gasteiger charge is 2.16. The summed E-state index contributed by atoms with van der Waals surface area (Å²) in [5.74, 6) is 0.234. The van der Waals surface area contributed by atoms with Crippen molar-refractivity contribution in [1.82, 2.24) is 9.97 Å². The lowest BCUT2D eigenvalue weighted by Crippen LogP contribution is -2.04. The Hall–Kier alpha value is -2.75. The molecule has 0 spiro atoms. The van der Waals surface area contributed by atoms with Crippen LogP contribution in [0.5, 0.6) is 0 Å². The Kier molecular flexibility index (Phi) is 4.22. The van der Waals surface area contributed by atoms with Gasteiger partial charge in [0.15, 0.2) is 9.84 Å². The molecule has 10 heteroatoms. The molecule has 0 saturated heterocycles. The van der Waals surface area contributed by atoms with E-state index in [1.165, 1.54) is 19.2 Å². The van der Waals surface area contributed by atoms with Crippen LogP contribution in [0, 0.1) is 10.1 Å². The van der Waals surface area contributed by atoms with E-state index in [0.29, 0.717) is 5.69 Å². The van der Waals surface area contributed by atoms with Gasteiger partial charge in [-0.1, -0.05) is 0 Å². The topological polar surface area (TPSA) is 127 Å². The number of benzene rings is 1. The van der Waals surface area contributed by atoms with Crippen LogP contribution >= 0.6 is 0 Å². The molecule has 22 heavy (non-hydrogen) atoms. The third kappa shape index (κ3) is 3.47. The molecule has 0 atom stereocenters. The number of nitrogens with zero attached hydrogens (tertiary/aromatic N) is 3. The van der Waals surface area contributed by atoms with E-state index in [0.717, 1.165) is 12.5 Å². The van der Waals surface area contributed by atoms with Crippen LogP contribution < -0.4 is 10.6 Å². The first-order valence-corrected chi connectivity index (χ1v) is 7.96. The lowest BCUT2D eigenvalue weighted by molar-refractivity contribution is -0.384. The first-order chi connectivity index (χ1) is 10.3. The highest BCUT2D eigenvalue weighted by atomic mass is 32.2. The third-order valence-electron chi connectivity index (χ3n) is 2.74. The molecule has 0 radical (unpaired) electrons. The van der Waals surface area contributed by atoms with Gasteiger partial charge in [0.2, 0.25) is 11.8 Å². The third-order valence-corrected chi connectivity index (χ3v) is 3.87. The molecule has 2 aromatic rings. The largest absolute Gasteiger partial charge is 0.367 e. The Morgan fingerprint density at radius 2 is 1.86 bits per heavy atom. The summed E-state index contributed by atoms with van der Waals surface area (Å²) >= 11 is 0. The van der Waals surface area contributed by atoms with Gasteiger partial charge in [0.05, 0.1) is 9.82 Å². The van der Waals surface area contributed by atoms with Gasteiger partial charge in [-0.15, -0.1) is 0 Å². The van der Waals surface area contributed by atoms with Crippen LogP contribution in [0.2, 0.25) is 0 Å². The standard InChI is InChI=1S/C12H13N5O4S/c1-13-11-10(17(18)19)7-14-12(16-11)15-8-3-5-9(6-4-8)22(2,20)21/h3-7H,1-2H3,(H2,13,14,15,16). The quantitative estimate of drug-likeness (QED) is 0.627. The number of hydrogen-bond donors (Lipinski definition) is 2. The summed E-state index contributed by atoms with van der Waals surface area (Å²) in [7, 11) is -1.75. The van der Waals surface area contributed by atoms with E-state index in [9.17, 15) is 18.5 Å². The van der Waals surface area contributed by atoms with Crippen molar-refractivity contribution >= 4 is 33.0 Å². The first-order valence-electron chi connectivity index (χ1n) is 6.07. The molecule has 116 valence electrons. The summed E-state index contributed by atoms with van der Waals surface area (Å²) in [5.41, 5.74) is 0.323. The fourth-order valence-corrected chi connectivity index (χ4v) is 2.30. The fraction of sp³-hybridized carbons (Fsp3) is 0.167. The number of hydrogen-bond acceptors (Lipinski definition) is 8.